The number of nitrogens with zero attached hydrogens (tertiary/aromatic N) is 1. The average Bonchev–Trinajstić information content (AvgIpc) is 2.27. The summed E-state index contributed by atoms with van der Waals surface area (Å²) in [7, 11) is 0. The van der Waals surface area contributed by atoms with Crippen molar-refractivity contribution in [3.63, 3.8) is 0 Å². The van der Waals surface area contributed by atoms with Crippen molar-refractivity contribution < 1.29 is 4.79 Å². The Balaban J connectivity index is 2.71. The molecule has 0 saturated carbocycles. The van der Waals surface area contributed by atoms with E-state index in [4.69, 9.17) is 0 Å². The van der Waals surface area contributed by atoms with E-state index in [9.17, 15) is 9.59 Å². The summed E-state index contributed by atoms with van der Waals surface area (Å²) in [6, 6.07) is 1.74. The molecule has 1 aromatic rings. The van der Waals surface area contributed by atoms with Crippen LogP contribution in [0.1, 0.15) is 16.8 Å². The average molecular weight is 187 g/mol. The Morgan fingerprint density at radius 1 is 1.29 bits per heavy atom. The highest BCUT2D eigenvalue weighted by Crippen LogP contribution is 2.13. The lowest BCUT2D eigenvalue weighted by atomic mass is 10.0. The van der Waals surface area contributed by atoms with E-state index >= 15 is 0 Å². The standard InChI is InChI=1S/C11H9NO2/c1-7-4-8-5-9(13)2-3-10(8)12-6-11(7)14/h2-4,6H,5H2,1H3. The zero-order valence-corrected chi connectivity index (χ0v) is 7.78. The van der Waals surface area contributed by atoms with Gasteiger partial charge in [0.2, 0.25) is 0 Å². The van der Waals surface area contributed by atoms with Gasteiger partial charge in [0.1, 0.15) is 0 Å². The molecule has 70 valence electrons. The summed E-state index contributed by atoms with van der Waals surface area (Å²) in [5, 5.41) is 0. The van der Waals surface area contributed by atoms with Crippen molar-refractivity contribution in [1.82, 2.24) is 4.98 Å². The van der Waals surface area contributed by atoms with E-state index in [-0.39, 0.29) is 11.2 Å². The molecule has 0 radical (unpaired) electrons. The molecule has 3 nitrogen and oxygen atoms in total. The molecular formula is C11H9NO2. The van der Waals surface area contributed by atoms with Crippen LogP contribution in [0.15, 0.2) is 23.1 Å². The maximum Gasteiger partial charge on any atom is 0.199 e. The molecule has 1 heterocycles. The topological polar surface area (TPSA) is 47.0 Å². The molecule has 0 N–H and O–H groups in total. The second kappa shape index (κ2) is 3.18. The fourth-order valence-corrected chi connectivity index (χ4v) is 1.43. The molecular weight excluding hydrogens is 178 g/mol. The molecule has 14 heavy (non-hydrogen) atoms. The van der Waals surface area contributed by atoms with Crippen molar-refractivity contribution >= 4 is 11.9 Å². The Bertz CT molecular complexity index is 489. The van der Waals surface area contributed by atoms with Gasteiger partial charge < -0.3 is 0 Å². The lowest BCUT2D eigenvalue weighted by Crippen LogP contribution is -2.04. The monoisotopic (exact) mass is 187 g/mol. The number of hydrogen-bond donors (Lipinski definition) is 0. The summed E-state index contributed by atoms with van der Waals surface area (Å²) in [6.07, 6.45) is 4.79. The third-order valence-corrected chi connectivity index (χ3v) is 2.22. The molecule has 0 saturated heterocycles. The van der Waals surface area contributed by atoms with Crippen LogP contribution in [-0.2, 0) is 11.2 Å². The molecule has 0 aliphatic heterocycles. The van der Waals surface area contributed by atoms with E-state index in [2.05, 4.69) is 4.98 Å². The Labute approximate surface area is 81.1 Å². The van der Waals surface area contributed by atoms with E-state index in [0.29, 0.717) is 12.0 Å². The third-order valence-electron chi connectivity index (χ3n) is 2.22. The molecule has 0 spiro atoms. The van der Waals surface area contributed by atoms with E-state index in [0.717, 1.165) is 11.3 Å². The van der Waals surface area contributed by atoms with Gasteiger partial charge in [-0.05, 0) is 36.3 Å². The van der Waals surface area contributed by atoms with E-state index in [1.807, 2.05) is 0 Å². The Kier molecular flexibility index (Phi) is 2.00. The number of carbonyl (C=O) groups is 1. The van der Waals surface area contributed by atoms with Crippen LogP contribution in [0.25, 0.3) is 6.08 Å². The number of carbonyl (C=O) groups excluding carboxylic acids is 1. The quantitative estimate of drug-likeness (QED) is 0.606. The molecule has 1 aliphatic carbocycles. The first kappa shape index (κ1) is 8.81. The van der Waals surface area contributed by atoms with Gasteiger partial charge in [-0.15, -0.1) is 0 Å². The van der Waals surface area contributed by atoms with Gasteiger partial charge in [0.05, 0.1) is 11.9 Å². The van der Waals surface area contributed by atoms with Crippen molar-refractivity contribution in [3.05, 3.63) is 45.4 Å². The van der Waals surface area contributed by atoms with Crippen molar-refractivity contribution in [2.24, 2.45) is 0 Å². The van der Waals surface area contributed by atoms with Gasteiger partial charge in [0.15, 0.2) is 11.2 Å². The molecule has 0 unspecified atom stereocenters. The minimum absolute atomic E-state index is 0.0531. The summed E-state index contributed by atoms with van der Waals surface area (Å²) < 4.78 is 0. The highest BCUT2D eigenvalue weighted by atomic mass is 16.1. The summed E-state index contributed by atoms with van der Waals surface area (Å²) in [4.78, 5) is 26.4. The van der Waals surface area contributed by atoms with Crippen LogP contribution in [0.5, 0.6) is 0 Å². The van der Waals surface area contributed by atoms with E-state index in [1.165, 1.54) is 12.3 Å². The first-order chi connectivity index (χ1) is 6.66. The maximum atomic E-state index is 11.3. The molecule has 2 rings (SSSR count). The second-order valence-electron chi connectivity index (χ2n) is 3.34. The van der Waals surface area contributed by atoms with Crippen LogP contribution in [-0.4, -0.2) is 10.8 Å². The molecule has 0 atom stereocenters. The number of rotatable bonds is 0. The number of hydrogen-bond acceptors (Lipinski definition) is 3. The Hall–Kier alpha value is -1.77. The summed E-state index contributed by atoms with van der Waals surface area (Å²) in [5.74, 6) is 0.0531. The van der Waals surface area contributed by atoms with Crippen LogP contribution in [0, 0.1) is 6.92 Å². The number of allylic oxidation sites excluding steroid dienone is 1. The van der Waals surface area contributed by atoms with Crippen LogP contribution >= 0.6 is 0 Å². The van der Waals surface area contributed by atoms with Gasteiger partial charge in [0, 0.05) is 6.42 Å². The second-order valence-corrected chi connectivity index (χ2v) is 3.34. The summed E-state index contributed by atoms with van der Waals surface area (Å²) >= 11 is 0. The fourth-order valence-electron chi connectivity index (χ4n) is 1.43. The number of fused-ring (bicyclic) bond motifs is 1. The normalized spacial score (nSPS) is 13.9. The van der Waals surface area contributed by atoms with Gasteiger partial charge >= 0.3 is 0 Å². The van der Waals surface area contributed by atoms with Crippen molar-refractivity contribution in [2.45, 2.75) is 13.3 Å². The smallest absolute Gasteiger partial charge is 0.199 e. The number of ketones is 1. The van der Waals surface area contributed by atoms with Crippen LogP contribution in [0.2, 0.25) is 0 Å². The summed E-state index contributed by atoms with van der Waals surface area (Å²) in [5.41, 5.74) is 2.08. The van der Waals surface area contributed by atoms with Gasteiger partial charge in [0.25, 0.3) is 0 Å². The Morgan fingerprint density at radius 3 is 2.86 bits per heavy atom. The zero-order chi connectivity index (χ0) is 10.1. The van der Waals surface area contributed by atoms with Gasteiger partial charge in [-0.1, -0.05) is 0 Å². The molecule has 1 aromatic heterocycles. The van der Waals surface area contributed by atoms with Gasteiger partial charge in [-0.2, -0.15) is 0 Å². The van der Waals surface area contributed by atoms with Crippen molar-refractivity contribution in [1.29, 1.82) is 0 Å². The van der Waals surface area contributed by atoms with Crippen LogP contribution < -0.4 is 5.43 Å². The van der Waals surface area contributed by atoms with Crippen LogP contribution in [0.3, 0.4) is 0 Å². The zero-order valence-electron chi connectivity index (χ0n) is 7.78. The molecule has 1 aliphatic rings. The minimum atomic E-state index is -0.0970. The largest absolute Gasteiger partial charge is 0.294 e. The van der Waals surface area contributed by atoms with Crippen molar-refractivity contribution in [3.8, 4) is 0 Å². The predicted octanol–water partition coefficient (Wildman–Crippen LogP) is 0.889. The first-order valence-corrected chi connectivity index (χ1v) is 4.37. The molecule has 0 bridgehead atoms. The highest BCUT2D eigenvalue weighted by molar-refractivity contribution is 5.97. The Morgan fingerprint density at radius 2 is 2.07 bits per heavy atom. The minimum Gasteiger partial charge on any atom is -0.294 e. The highest BCUT2D eigenvalue weighted by Gasteiger charge is 2.10. The van der Waals surface area contributed by atoms with E-state index in [1.54, 1.807) is 19.1 Å². The SMILES string of the molecule is Cc1cc2c(ncc1=O)C=CC(=O)C2. The van der Waals surface area contributed by atoms with Gasteiger partial charge in [-0.3, -0.25) is 14.6 Å². The van der Waals surface area contributed by atoms with Gasteiger partial charge in [-0.25, -0.2) is 0 Å². The predicted molar refractivity (Wildman–Crippen MR) is 53.0 cm³/mol. The first-order valence-electron chi connectivity index (χ1n) is 4.37. The molecule has 0 aromatic carbocycles. The summed E-state index contributed by atoms with van der Waals surface area (Å²) in [6.45, 7) is 1.73. The third kappa shape index (κ3) is 1.48. The molecule has 0 fully saturated rings. The molecule has 0 amide bonds. The van der Waals surface area contributed by atoms with E-state index < -0.39 is 0 Å². The number of aryl methyl sites for hydroxylation is 1. The lowest BCUT2D eigenvalue weighted by molar-refractivity contribution is -0.114. The van der Waals surface area contributed by atoms with Crippen LogP contribution in [0.4, 0.5) is 0 Å². The van der Waals surface area contributed by atoms with Crippen molar-refractivity contribution in [2.75, 3.05) is 0 Å². The fraction of sp³-hybridized carbons (Fsp3) is 0.182. The molecule has 3 heteroatoms. The maximum absolute atomic E-state index is 11.3. The lowest BCUT2D eigenvalue weighted by Gasteiger charge is -2.03. The number of aromatic nitrogens is 1.